The van der Waals surface area contributed by atoms with Crippen LogP contribution < -0.4 is 14.9 Å². The first kappa shape index (κ1) is 34.8. The fourth-order valence-corrected chi connectivity index (χ4v) is 5.47. The van der Waals surface area contributed by atoms with Crippen molar-refractivity contribution in [3.63, 3.8) is 0 Å². The number of aliphatic hydroxyl groups is 1. The molecule has 16 heteroatoms. The Hall–Kier alpha value is -3.40. The molecule has 234 valence electrons. The quantitative estimate of drug-likeness (QED) is 0.427. The Morgan fingerprint density at radius 3 is 1.98 bits per heavy atom. The Morgan fingerprint density at radius 1 is 0.952 bits per heavy atom. The van der Waals surface area contributed by atoms with Gasteiger partial charge in [0.05, 0.1) is 17.1 Å². The highest BCUT2D eigenvalue weighted by atomic mass is 32.2. The minimum Gasteiger partial charge on any atom is -0.369 e. The molecule has 0 spiro atoms. The molecule has 8 nitrogen and oxygen atoms in total. The molecule has 0 fully saturated rings. The molecule has 42 heavy (non-hydrogen) atoms. The van der Waals surface area contributed by atoms with E-state index in [1.807, 2.05) is 20.8 Å². The van der Waals surface area contributed by atoms with Crippen LogP contribution in [-0.2, 0) is 31.6 Å². The first-order chi connectivity index (χ1) is 19.0. The lowest BCUT2D eigenvalue weighted by Gasteiger charge is -2.35. The van der Waals surface area contributed by atoms with Gasteiger partial charge in [0.1, 0.15) is 5.82 Å². The van der Waals surface area contributed by atoms with Crippen LogP contribution in [0.5, 0.6) is 0 Å². The lowest BCUT2D eigenvalue weighted by atomic mass is 9.89. The van der Waals surface area contributed by atoms with E-state index in [9.17, 15) is 53.8 Å². The van der Waals surface area contributed by atoms with Gasteiger partial charge in [0.2, 0.25) is 11.8 Å². The third-order valence-corrected chi connectivity index (χ3v) is 7.64. The minimum absolute atomic E-state index is 0.00437. The summed E-state index contributed by atoms with van der Waals surface area (Å²) in [5, 5.41) is 14.7. The summed E-state index contributed by atoms with van der Waals surface area (Å²) in [7, 11) is -4.24. The Kier molecular flexibility index (Phi) is 10.3. The second-order valence-electron chi connectivity index (χ2n) is 10.4. The maximum absolute atomic E-state index is 13.1. The normalized spacial score (nSPS) is 14.3. The van der Waals surface area contributed by atoms with Crippen LogP contribution in [0.3, 0.4) is 0 Å². The summed E-state index contributed by atoms with van der Waals surface area (Å²) in [6.07, 6.45) is -12.0. The molecule has 0 saturated carbocycles. The minimum atomic E-state index is -6.05. The van der Waals surface area contributed by atoms with Crippen molar-refractivity contribution in [2.24, 2.45) is 0 Å². The van der Waals surface area contributed by atoms with Crippen LogP contribution >= 0.6 is 0 Å². The molecular weight excluding hydrogens is 599 g/mol. The summed E-state index contributed by atoms with van der Waals surface area (Å²) in [4.78, 5) is 21.2. The van der Waals surface area contributed by atoms with Gasteiger partial charge in [-0.1, -0.05) is 12.1 Å². The van der Waals surface area contributed by atoms with Gasteiger partial charge in [-0.15, -0.1) is 0 Å². The van der Waals surface area contributed by atoms with E-state index in [0.717, 1.165) is 34.6 Å². The van der Waals surface area contributed by atoms with Crippen molar-refractivity contribution < 1.29 is 53.8 Å². The molecule has 1 heterocycles. The fourth-order valence-electron chi connectivity index (χ4n) is 3.93. The van der Waals surface area contributed by atoms with Crippen molar-refractivity contribution in [2.45, 2.75) is 68.9 Å². The number of hydrogen-bond donors (Lipinski definition) is 3. The number of sulfonamides is 1. The van der Waals surface area contributed by atoms with Crippen molar-refractivity contribution in [3.8, 4) is 0 Å². The number of benzene rings is 2. The van der Waals surface area contributed by atoms with Crippen molar-refractivity contribution in [2.75, 3.05) is 17.4 Å². The first-order valence-electron chi connectivity index (χ1n) is 12.3. The molecule has 3 rings (SSSR count). The van der Waals surface area contributed by atoms with Crippen LogP contribution in [0, 0.1) is 5.82 Å². The largest absolute Gasteiger partial charge is 0.430 e. The lowest BCUT2D eigenvalue weighted by molar-refractivity contribution is -0.376. The van der Waals surface area contributed by atoms with E-state index in [0.29, 0.717) is 12.1 Å². The van der Waals surface area contributed by atoms with Crippen molar-refractivity contribution in [3.05, 3.63) is 59.4 Å². The highest BCUT2D eigenvalue weighted by Crippen LogP contribution is 2.51. The number of aryl methyl sites for hydroxylation is 1. The van der Waals surface area contributed by atoms with Gasteiger partial charge >= 0.3 is 12.4 Å². The van der Waals surface area contributed by atoms with E-state index < -0.39 is 39.4 Å². The average Bonchev–Trinajstić information content (AvgIpc) is 2.84. The Balaban J connectivity index is 0.000000435. The van der Waals surface area contributed by atoms with Crippen molar-refractivity contribution in [1.82, 2.24) is 10.6 Å². The third-order valence-electron chi connectivity index (χ3n) is 5.81. The van der Waals surface area contributed by atoms with Crippen LogP contribution in [-0.4, -0.2) is 56.3 Å². The van der Waals surface area contributed by atoms with Gasteiger partial charge in [0.15, 0.2) is 0 Å². The SMILES string of the molecule is CC(=O)NCC(=O)NC(C)(C)C.O=S(=O)(c1ccc(F)cc1)N1CCCc2cc(C(O)(C(F)(F)F)C(F)(F)F)ccc21. The predicted molar refractivity (Wildman–Crippen MR) is 138 cm³/mol. The number of nitrogens with one attached hydrogen (secondary N) is 2. The summed E-state index contributed by atoms with van der Waals surface area (Å²) < 4.78 is 118. The standard InChI is InChI=1S/C18H14F7NO3S.C8H16N2O2/c19-13-4-6-14(7-5-13)30(28,29)26-9-1-2-11-10-12(3-8-15(11)26)16(27,17(20,21)22)18(23,24)25;1-6(11)9-5-7(12)10-8(2,3)4/h3-8,10,27H,1-2,9H2;5H2,1-4H3,(H,9,11)(H,10,12). The molecule has 0 aromatic heterocycles. The summed E-state index contributed by atoms with van der Waals surface area (Å²) in [6, 6.07) is 5.54. The van der Waals surface area contributed by atoms with Gasteiger partial charge in [0.25, 0.3) is 15.6 Å². The van der Waals surface area contributed by atoms with E-state index in [4.69, 9.17) is 0 Å². The molecule has 3 N–H and O–H groups in total. The van der Waals surface area contributed by atoms with Crippen LogP contribution in [0.25, 0.3) is 0 Å². The van der Waals surface area contributed by atoms with Crippen LogP contribution in [0.4, 0.5) is 36.4 Å². The van der Waals surface area contributed by atoms with Crippen LogP contribution in [0.2, 0.25) is 0 Å². The second kappa shape index (κ2) is 12.5. The lowest BCUT2D eigenvalue weighted by Crippen LogP contribution is -2.54. The number of amides is 2. The zero-order valence-corrected chi connectivity index (χ0v) is 23.8. The van der Waals surface area contributed by atoms with Gasteiger partial charge in [0, 0.05) is 24.6 Å². The summed E-state index contributed by atoms with van der Waals surface area (Å²) in [5.41, 5.74) is -7.01. The number of halogens is 7. The van der Waals surface area contributed by atoms with Gasteiger partial charge in [-0.25, -0.2) is 12.8 Å². The number of rotatable bonds is 5. The average molecular weight is 630 g/mol. The molecule has 0 aliphatic carbocycles. The highest BCUT2D eigenvalue weighted by Gasteiger charge is 2.71. The van der Waals surface area contributed by atoms with Gasteiger partial charge < -0.3 is 15.7 Å². The smallest absolute Gasteiger partial charge is 0.369 e. The van der Waals surface area contributed by atoms with E-state index >= 15 is 0 Å². The molecule has 1 aliphatic rings. The Bertz CT molecular complexity index is 1370. The second-order valence-corrected chi connectivity index (χ2v) is 12.3. The molecule has 0 radical (unpaired) electrons. The number of hydrogen-bond acceptors (Lipinski definition) is 5. The Morgan fingerprint density at radius 2 is 1.50 bits per heavy atom. The van der Waals surface area contributed by atoms with E-state index in [-0.39, 0.29) is 59.4 Å². The molecule has 1 aliphatic heterocycles. The summed E-state index contributed by atoms with van der Waals surface area (Å²) in [6.45, 7) is 7.02. The van der Waals surface area contributed by atoms with Crippen LogP contribution in [0.1, 0.15) is 45.2 Å². The number of nitrogens with zero attached hydrogens (tertiary/aromatic N) is 1. The van der Waals surface area contributed by atoms with E-state index in [2.05, 4.69) is 10.6 Å². The molecule has 2 amide bonds. The van der Waals surface area contributed by atoms with Gasteiger partial charge in [-0.2, -0.15) is 26.3 Å². The molecule has 0 saturated heterocycles. The Labute approximate surface area is 237 Å². The number of carbonyl (C=O) groups is 2. The van der Waals surface area contributed by atoms with Gasteiger partial charge in [-0.3, -0.25) is 13.9 Å². The predicted octanol–water partition coefficient (Wildman–Crippen LogP) is 4.32. The highest BCUT2D eigenvalue weighted by molar-refractivity contribution is 7.92. The molecule has 0 unspecified atom stereocenters. The first-order valence-corrected chi connectivity index (χ1v) is 13.8. The maximum atomic E-state index is 13.1. The number of carbonyl (C=O) groups excluding carboxylic acids is 2. The monoisotopic (exact) mass is 629 g/mol. The zero-order chi connectivity index (χ0) is 32.3. The number of anilines is 1. The molecule has 0 atom stereocenters. The molecule has 0 bridgehead atoms. The molecule has 2 aromatic rings. The molecular formula is C26H30F7N3O5S. The number of fused-ring (bicyclic) bond motifs is 1. The van der Waals surface area contributed by atoms with Crippen LogP contribution in [0.15, 0.2) is 47.4 Å². The maximum Gasteiger partial charge on any atom is 0.430 e. The summed E-state index contributed by atoms with van der Waals surface area (Å²) in [5.74, 6) is -1.05. The third kappa shape index (κ3) is 8.12. The van der Waals surface area contributed by atoms with E-state index in [1.165, 1.54) is 6.92 Å². The topological polar surface area (TPSA) is 116 Å². The van der Waals surface area contributed by atoms with Crippen molar-refractivity contribution >= 4 is 27.5 Å². The van der Waals surface area contributed by atoms with E-state index in [1.54, 1.807) is 0 Å². The van der Waals surface area contributed by atoms with Gasteiger partial charge in [-0.05, 0) is 69.5 Å². The zero-order valence-electron chi connectivity index (χ0n) is 23.0. The number of alkyl halides is 6. The molecule has 2 aromatic carbocycles. The fraction of sp³-hybridized carbons (Fsp3) is 0.462. The summed E-state index contributed by atoms with van der Waals surface area (Å²) >= 11 is 0. The van der Waals surface area contributed by atoms with Crippen molar-refractivity contribution in [1.29, 1.82) is 0 Å².